The molecule has 1 unspecified atom stereocenters. The Morgan fingerprint density at radius 1 is 1.56 bits per heavy atom. The number of alkyl halides is 1. The van der Waals surface area contributed by atoms with Gasteiger partial charge in [0.25, 0.3) is 0 Å². The van der Waals surface area contributed by atoms with Gasteiger partial charge in [-0.25, -0.2) is 0 Å². The van der Waals surface area contributed by atoms with Crippen LogP contribution in [0.3, 0.4) is 0 Å². The quantitative estimate of drug-likeness (QED) is 0.675. The molecule has 3 aromatic rings. The van der Waals surface area contributed by atoms with Crippen molar-refractivity contribution in [1.82, 2.24) is 5.16 Å². The molecule has 130 valence electrons. The number of hydrogen-bond acceptors (Lipinski definition) is 6. The first kappa shape index (κ1) is 17.4. The fourth-order valence-electron chi connectivity index (χ4n) is 2.28. The molecule has 1 atom stereocenters. The molecule has 0 fully saturated rings. The average molecular weight is 366 g/mol. The molecule has 0 bridgehead atoms. The number of rotatable bonds is 6. The van der Waals surface area contributed by atoms with Gasteiger partial charge in [-0.05, 0) is 0 Å². The summed E-state index contributed by atoms with van der Waals surface area (Å²) in [5.41, 5.74) is 6.21. The number of carbonyl (C=O) groups excluding carboxylic acids is 1. The van der Waals surface area contributed by atoms with E-state index in [0.717, 1.165) is 4.90 Å². The zero-order valence-corrected chi connectivity index (χ0v) is 14.0. The van der Waals surface area contributed by atoms with E-state index in [1.807, 2.05) is 0 Å². The van der Waals surface area contributed by atoms with Crippen LogP contribution in [0.15, 0.2) is 33.4 Å². The van der Waals surface area contributed by atoms with Crippen molar-refractivity contribution in [3.63, 3.8) is 0 Å². The van der Waals surface area contributed by atoms with Gasteiger partial charge in [-0.3, -0.25) is 0 Å². The molecule has 7 nitrogen and oxygen atoms in total. The van der Waals surface area contributed by atoms with E-state index in [2.05, 4.69) is 5.16 Å². The molecule has 0 spiro atoms. The fraction of sp³-hybridized carbons (Fsp3) is 0.267. The standard InChI is InChI=1S/C15H14BClFN3O4/c1-2-23-7-21(15-16-14(19)20-25-15)13(22)12(18)8-3-4-11-9(5-8)10(17)6-24-11/h3-6,12H,2,7H2,1H3,(H2,19,20). The molecule has 25 heavy (non-hydrogen) atoms. The molecular weight excluding hydrogens is 351 g/mol. The van der Waals surface area contributed by atoms with E-state index in [1.165, 1.54) is 25.3 Å². The van der Waals surface area contributed by atoms with Gasteiger partial charge < -0.3 is 0 Å². The second-order valence-corrected chi connectivity index (χ2v) is 5.59. The van der Waals surface area contributed by atoms with Gasteiger partial charge in [0.1, 0.15) is 0 Å². The van der Waals surface area contributed by atoms with Crippen molar-refractivity contribution in [1.29, 1.82) is 0 Å². The van der Waals surface area contributed by atoms with Crippen LogP contribution in [0.4, 0.5) is 15.9 Å². The van der Waals surface area contributed by atoms with Crippen LogP contribution in [0.1, 0.15) is 18.7 Å². The number of benzene rings is 1. The average Bonchev–Trinajstić information content (AvgIpc) is 3.20. The normalized spacial score (nSPS) is 12.3. The van der Waals surface area contributed by atoms with Crippen LogP contribution >= 0.6 is 11.6 Å². The number of furan rings is 1. The van der Waals surface area contributed by atoms with Gasteiger partial charge >= 0.3 is 147 Å². The fourth-order valence-corrected chi connectivity index (χ4v) is 2.47. The summed E-state index contributed by atoms with van der Waals surface area (Å²) in [6.07, 6.45) is -0.605. The minimum atomic E-state index is -1.96. The molecule has 0 saturated heterocycles. The van der Waals surface area contributed by atoms with Crippen LogP contribution in [0.5, 0.6) is 0 Å². The molecule has 0 radical (unpaired) electrons. The van der Waals surface area contributed by atoms with Crippen LogP contribution in [-0.4, -0.2) is 31.3 Å². The van der Waals surface area contributed by atoms with E-state index < -0.39 is 12.1 Å². The van der Waals surface area contributed by atoms with Crippen LogP contribution in [0.25, 0.3) is 11.0 Å². The molecule has 0 aliphatic rings. The zero-order chi connectivity index (χ0) is 18.0. The van der Waals surface area contributed by atoms with Crippen molar-refractivity contribution in [2.75, 3.05) is 24.0 Å². The van der Waals surface area contributed by atoms with Crippen molar-refractivity contribution in [3.05, 3.63) is 35.0 Å². The Labute approximate surface area is 147 Å². The Morgan fingerprint density at radius 2 is 2.36 bits per heavy atom. The first-order valence-corrected chi connectivity index (χ1v) is 7.81. The maximum atomic E-state index is 14.9. The number of amides is 1. The molecule has 10 heteroatoms. The summed E-state index contributed by atoms with van der Waals surface area (Å²) in [5.74, 6) is -0.871. The van der Waals surface area contributed by atoms with Crippen LogP contribution in [-0.2, 0) is 9.53 Å². The van der Waals surface area contributed by atoms with Gasteiger partial charge in [-0.2, -0.15) is 0 Å². The monoisotopic (exact) mass is 365 g/mol. The number of halogens is 2. The van der Waals surface area contributed by atoms with E-state index in [9.17, 15) is 9.18 Å². The van der Waals surface area contributed by atoms with E-state index in [0.29, 0.717) is 22.6 Å². The number of fused-ring (bicyclic) bond motifs is 1. The van der Waals surface area contributed by atoms with Gasteiger partial charge in [0.15, 0.2) is 0 Å². The second-order valence-electron chi connectivity index (χ2n) is 5.18. The summed E-state index contributed by atoms with van der Waals surface area (Å²) < 4.78 is 30.2. The first-order chi connectivity index (χ1) is 12.0. The van der Waals surface area contributed by atoms with E-state index in [4.69, 9.17) is 31.0 Å². The molecule has 0 saturated carbocycles. The van der Waals surface area contributed by atoms with Gasteiger partial charge in [-0.15, -0.1) is 0 Å². The zero-order valence-electron chi connectivity index (χ0n) is 13.2. The van der Waals surface area contributed by atoms with Gasteiger partial charge in [-0.1, -0.05) is 0 Å². The van der Waals surface area contributed by atoms with E-state index >= 15 is 0 Å². The molecule has 1 aromatic carbocycles. The third-order valence-corrected chi connectivity index (χ3v) is 3.82. The Balaban J connectivity index is 1.90. The number of aromatic nitrogens is 1. The van der Waals surface area contributed by atoms with Crippen LogP contribution in [0, 0.1) is 0 Å². The maximum absolute atomic E-state index is 14.9. The van der Waals surface area contributed by atoms with Crippen LogP contribution in [0.2, 0.25) is 5.02 Å². The first-order valence-electron chi connectivity index (χ1n) is 7.43. The summed E-state index contributed by atoms with van der Waals surface area (Å²) in [5, 5.41) is 4.37. The Bertz CT molecular complexity index is 900. The van der Waals surface area contributed by atoms with Crippen molar-refractivity contribution in [2.24, 2.45) is 0 Å². The summed E-state index contributed by atoms with van der Waals surface area (Å²) in [4.78, 5) is 13.6. The number of ether oxygens (including phenoxy) is 1. The molecule has 2 heterocycles. The third kappa shape index (κ3) is 3.52. The molecule has 0 aliphatic heterocycles. The minimum absolute atomic E-state index is 0.000946. The second kappa shape index (κ2) is 7.24. The SMILES string of the molecule is CCOCN(C(=O)C(F)c1ccc2occ(Cl)c2c1)c1bc(N)no1. The summed E-state index contributed by atoms with van der Waals surface area (Å²) in [7, 11) is 0. The summed E-state index contributed by atoms with van der Waals surface area (Å²) in [6, 6.07) is 4.48. The van der Waals surface area contributed by atoms with Crippen molar-refractivity contribution in [2.45, 2.75) is 13.1 Å². The van der Waals surface area contributed by atoms with Crippen molar-refractivity contribution < 1.29 is 22.9 Å². The number of carbonyl (C=O) groups is 1. The number of anilines is 2. The molecule has 3 rings (SSSR count). The summed E-state index contributed by atoms with van der Waals surface area (Å²) in [6.45, 7) is 3.21. The van der Waals surface area contributed by atoms with Crippen LogP contribution < -0.4 is 10.6 Å². The predicted octanol–water partition coefficient (Wildman–Crippen LogP) is 3.03. The Morgan fingerprint density at radius 3 is 3.04 bits per heavy atom. The number of hydrogen-bond donors (Lipinski definition) is 1. The number of nitrogens with zero attached hydrogens (tertiary/aromatic N) is 2. The number of nitrogens with two attached hydrogens (primary N) is 1. The van der Waals surface area contributed by atoms with Crippen molar-refractivity contribution in [3.8, 4) is 0 Å². The van der Waals surface area contributed by atoms with E-state index in [-0.39, 0.29) is 23.8 Å². The molecule has 0 aliphatic carbocycles. The van der Waals surface area contributed by atoms with Crippen molar-refractivity contribution >= 4 is 46.9 Å². The molecule has 2 N–H and O–H groups in total. The predicted molar refractivity (Wildman–Crippen MR) is 91.3 cm³/mol. The topological polar surface area (TPSA) is 94.7 Å². The third-order valence-electron chi connectivity index (χ3n) is 3.53. The van der Waals surface area contributed by atoms with E-state index in [1.54, 1.807) is 13.0 Å². The summed E-state index contributed by atoms with van der Waals surface area (Å²) >= 11 is 5.99. The Kier molecular flexibility index (Phi) is 5.05. The Hall–Kier alpha value is -2.39. The van der Waals surface area contributed by atoms with Gasteiger partial charge in [0.05, 0.1) is 0 Å². The van der Waals surface area contributed by atoms with Gasteiger partial charge in [0.2, 0.25) is 0 Å². The molecule has 1 amide bonds. The number of nitrogen functional groups attached to an aromatic ring is 1. The van der Waals surface area contributed by atoms with Gasteiger partial charge in [0, 0.05) is 0 Å². The molecular formula is C15H14BClFN3O4. The molecule has 2 aromatic heterocycles.